The lowest BCUT2D eigenvalue weighted by molar-refractivity contribution is 0.409. The Bertz CT molecular complexity index is 250. The van der Waals surface area contributed by atoms with E-state index in [2.05, 4.69) is 15.9 Å². The second kappa shape index (κ2) is 3.74. The molecule has 11 heavy (non-hydrogen) atoms. The summed E-state index contributed by atoms with van der Waals surface area (Å²) in [5.41, 5.74) is 6.53. The molecular weight excluding hydrogens is 206 g/mol. The van der Waals surface area contributed by atoms with Crippen LogP contribution in [0.4, 0.5) is 0 Å². The molecule has 2 N–H and O–H groups in total. The summed E-state index contributed by atoms with van der Waals surface area (Å²) >= 11 is 3.39. The summed E-state index contributed by atoms with van der Waals surface area (Å²) < 4.78 is 6.11. The van der Waals surface area contributed by atoms with Gasteiger partial charge < -0.3 is 10.5 Å². The van der Waals surface area contributed by atoms with Crippen LogP contribution in [0.3, 0.4) is 0 Å². The van der Waals surface area contributed by atoms with E-state index < -0.39 is 0 Å². The van der Waals surface area contributed by atoms with Crippen LogP contribution < -0.4 is 10.5 Å². The van der Waals surface area contributed by atoms with Crippen LogP contribution in [0.2, 0.25) is 0 Å². The molecular formula is C8H10BrNO. The molecule has 0 heterocycles. The molecule has 0 saturated carbocycles. The van der Waals surface area contributed by atoms with Gasteiger partial charge in [-0.1, -0.05) is 22.0 Å². The SMILES string of the molecule is COc1cccc(Br)c1CN. The van der Waals surface area contributed by atoms with E-state index in [-0.39, 0.29) is 0 Å². The zero-order valence-corrected chi connectivity index (χ0v) is 7.89. The third-order valence-electron chi connectivity index (χ3n) is 1.50. The Hall–Kier alpha value is -0.540. The quantitative estimate of drug-likeness (QED) is 0.819. The molecule has 0 aliphatic carbocycles. The van der Waals surface area contributed by atoms with Gasteiger partial charge in [-0.05, 0) is 12.1 Å². The van der Waals surface area contributed by atoms with Crippen molar-refractivity contribution < 1.29 is 4.74 Å². The number of nitrogens with two attached hydrogens (primary N) is 1. The van der Waals surface area contributed by atoms with Gasteiger partial charge in [-0.3, -0.25) is 0 Å². The van der Waals surface area contributed by atoms with E-state index in [1.807, 2.05) is 18.2 Å². The molecule has 0 saturated heterocycles. The van der Waals surface area contributed by atoms with Gasteiger partial charge in [0.1, 0.15) is 5.75 Å². The van der Waals surface area contributed by atoms with Gasteiger partial charge in [0.15, 0.2) is 0 Å². The number of halogens is 1. The van der Waals surface area contributed by atoms with Gasteiger partial charge in [0.05, 0.1) is 7.11 Å². The van der Waals surface area contributed by atoms with Crippen molar-refractivity contribution in [1.82, 2.24) is 0 Å². The van der Waals surface area contributed by atoms with Gasteiger partial charge in [0.2, 0.25) is 0 Å². The van der Waals surface area contributed by atoms with Crippen LogP contribution in [0.1, 0.15) is 5.56 Å². The highest BCUT2D eigenvalue weighted by Crippen LogP contribution is 2.25. The minimum atomic E-state index is 0.491. The smallest absolute Gasteiger partial charge is 0.124 e. The van der Waals surface area contributed by atoms with E-state index in [4.69, 9.17) is 10.5 Å². The van der Waals surface area contributed by atoms with Crippen LogP contribution in [0.5, 0.6) is 5.75 Å². The molecule has 1 aromatic rings. The first kappa shape index (κ1) is 8.56. The predicted octanol–water partition coefficient (Wildman–Crippen LogP) is 1.92. The monoisotopic (exact) mass is 215 g/mol. The molecule has 0 amide bonds. The summed E-state index contributed by atoms with van der Waals surface area (Å²) in [7, 11) is 1.64. The number of hydrogen-bond acceptors (Lipinski definition) is 2. The van der Waals surface area contributed by atoms with Gasteiger partial charge in [-0.25, -0.2) is 0 Å². The van der Waals surface area contributed by atoms with Crippen LogP contribution in [-0.4, -0.2) is 7.11 Å². The average molecular weight is 216 g/mol. The molecule has 1 rings (SSSR count). The van der Waals surface area contributed by atoms with Crippen molar-refractivity contribution in [3.63, 3.8) is 0 Å². The molecule has 0 fully saturated rings. The summed E-state index contributed by atoms with van der Waals surface area (Å²) in [6.45, 7) is 0.491. The van der Waals surface area contributed by atoms with Gasteiger partial charge in [0.25, 0.3) is 0 Å². The van der Waals surface area contributed by atoms with Crippen molar-refractivity contribution >= 4 is 15.9 Å². The lowest BCUT2D eigenvalue weighted by atomic mass is 10.2. The highest BCUT2D eigenvalue weighted by atomic mass is 79.9. The summed E-state index contributed by atoms with van der Waals surface area (Å²) in [6.07, 6.45) is 0. The molecule has 0 bridgehead atoms. The Morgan fingerprint density at radius 1 is 1.55 bits per heavy atom. The molecule has 0 aliphatic heterocycles. The molecule has 3 heteroatoms. The van der Waals surface area contributed by atoms with E-state index in [9.17, 15) is 0 Å². The van der Waals surface area contributed by atoms with Gasteiger partial charge in [-0.2, -0.15) is 0 Å². The van der Waals surface area contributed by atoms with Crippen molar-refractivity contribution in [1.29, 1.82) is 0 Å². The first-order chi connectivity index (χ1) is 5.29. The summed E-state index contributed by atoms with van der Waals surface area (Å²) in [5.74, 6) is 0.835. The zero-order valence-electron chi connectivity index (χ0n) is 6.30. The van der Waals surface area contributed by atoms with Crippen molar-refractivity contribution in [2.45, 2.75) is 6.54 Å². The van der Waals surface area contributed by atoms with E-state index in [0.29, 0.717) is 6.54 Å². The molecule has 2 nitrogen and oxygen atoms in total. The Morgan fingerprint density at radius 3 is 2.73 bits per heavy atom. The van der Waals surface area contributed by atoms with Crippen LogP contribution in [-0.2, 0) is 6.54 Å². The Labute approximate surface area is 74.5 Å². The highest BCUT2D eigenvalue weighted by molar-refractivity contribution is 9.10. The average Bonchev–Trinajstić information content (AvgIpc) is 2.04. The van der Waals surface area contributed by atoms with Crippen molar-refractivity contribution in [3.05, 3.63) is 28.2 Å². The maximum atomic E-state index is 5.52. The number of benzene rings is 1. The molecule has 1 aromatic carbocycles. The van der Waals surface area contributed by atoms with Crippen molar-refractivity contribution in [3.8, 4) is 5.75 Å². The number of methoxy groups -OCH3 is 1. The van der Waals surface area contributed by atoms with E-state index >= 15 is 0 Å². The van der Waals surface area contributed by atoms with E-state index in [1.54, 1.807) is 7.11 Å². The Kier molecular flexibility index (Phi) is 2.91. The minimum Gasteiger partial charge on any atom is -0.496 e. The van der Waals surface area contributed by atoms with E-state index in [0.717, 1.165) is 15.8 Å². The second-order valence-corrected chi connectivity index (χ2v) is 2.98. The van der Waals surface area contributed by atoms with Gasteiger partial charge in [-0.15, -0.1) is 0 Å². The van der Waals surface area contributed by atoms with Crippen LogP contribution in [0.15, 0.2) is 22.7 Å². The predicted molar refractivity (Wildman–Crippen MR) is 48.6 cm³/mol. The van der Waals surface area contributed by atoms with E-state index in [1.165, 1.54) is 0 Å². The Balaban J connectivity index is 3.13. The minimum absolute atomic E-state index is 0.491. The fraction of sp³-hybridized carbons (Fsp3) is 0.250. The normalized spacial score (nSPS) is 9.73. The standard InChI is InChI=1S/C8H10BrNO/c1-11-8-4-2-3-7(9)6(8)5-10/h2-4H,5,10H2,1H3. The summed E-state index contributed by atoms with van der Waals surface area (Å²) in [6, 6.07) is 5.76. The molecule has 0 radical (unpaired) electrons. The second-order valence-electron chi connectivity index (χ2n) is 2.12. The first-order valence-electron chi connectivity index (χ1n) is 3.31. The molecule has 0 unspecified atom stereocenters. The zero-order chi connectivity index (χ0) is 8.27. The van der Waals surface area contributed by atoms with Crippen molar-refractivity contribution in [2.75, 3.05) is 7.11 Å². The summed E-state index contributed by atoms with van der Waals surface area (Å²) in [4.78, 5) is 0. The first-order valence-corrected chi connectivity index (χ1v) is 4.10. The fourth-order valence-electron chi connectivity index (χ4n) is 0.928. The van der Waals surface area contributed by atoms with Gasteiger partial charge in [0, 0.05) is 16.6 Å². The third-order valence-corrected chi connectivity index (χ3v) is 2.24. The molecule has 0 aliphatic rings. The largest absolute Gasteiger partial charge is 0.496 e. The fourth-order valence-corrected chi connectivity index (χ4v) is 1.44. The maximum absolute atomic E-state index is 5.52. The number of rotatable bonds is 2. The molecule has 60 valence electrons. The van der Waals surface area contributed by atoms with Crippen LogP contribution in [0.25, 0.3) is 0 Å². The lowest BCUT2D eigenvalue weighted by Crippen LogP contribution is -2.00. The molecule has 0 atom stereocenters. The topological polar surface area (TPSA) is 35.2 Å². The number of ether oxygens (including phenoxy) is 1. The molecule has 0 spiro atoms. The van der Waals surface area contributed by atoms with Crippen LogP contribution in [0, 0.1) is 0 Å². The highest BCUT2D eigenvalue weighted by Gasteiger charge is 2.03. The molecule has 0 aromatic heterocycles. The summed E-state index contributed by atoms with van der Waals surface area (Å²) in [5, 5.41) is 0. The Morgan fingerprint density at radius 2 is 2.27 bits per heavy atom. The third kappa shape index (κ3) is 1.73. The number of hydrogen-bond donors (Lipinski definition) is 1. The van der Waals surface area contributed by atoms with Crippen LogP contribution >= 0.6 is 15.9 Å². The van der Waals surface area contributed by atoms with Gasteiger partial charge >= 0.3 is 0 Å². The van der Waals surface area contributed by atoms with Crippen molar-refractivity contribution in [2.24, 2.45) is 5.73 Å². The maximum Gasteiger partial charge on any atom is 0.124 e. The lowest BCUT2D eigenvalue weighted by Gasteiger charge is -2.07.